The van der Waals surface area contributed by atoms with E-state index in [0.717, 1.165) is 11.2 Å². The first-order valence-corrected chi connectivity index (χ1v) is 5.15. The maximum absolute atomic E-state index is 4.17. The van der Waals surface area contributed by atoms with Crippen molar-refractivity contribution < 1.29 is 0 Å². The molecule has 0 atom stereocenters. The molecule has 0 bridgehead atoms. The Morgan fingerprint density at radius 1 is 1.21 bits per heavy atom. The number of nitrogens with one attached hydrogen (secondary N) is 1. The van der Waals surface area contributed by atoms with Crippen molar-refractivity contribution in [3.63, 3.8) is 0 Å². The molecule has 0 saturated heterocycles. The van der Waals surface area contributed by atoms with Crippen molar-refractivity contribution in [3.05, 3.63) is 36.1 Å². The van der Waals surface area contributed by atoms with E-state index < -0.39 is 0 Å². The number of rotatable bonds is 1. The highest BCUT2D eigenvalue weighted by atomic mass is 32.1. The zero-order chi connectivity index (χ0) is 9.38. The van der Waals surface area contributed by atoms with Crippen LogP contribution in [-0.4, -0.2) is 15.0 Å². The van der Waals surface area contributed by atoms with Gasteiger partial charge in [-0.25, -0.2) is 9.97 Å². The largest absolute Gasteiger partial charge is 0.343 e. The van der Waals surface area contributed by atoms with Crippen molar-refractivity contribution in [1.82, 2.24) is 15.0 Å². The molecule has 3 heterocycles. The molecule has 0 saturated carbocycles. The molecular weight excluding hydrogens is 194 g/mol. The Bertz CT molecular complexity index is 554. The fourth-order valence-corrected chi connectivity index (χ4v) is 2.24. The minimum atomic E-state index is 0.774. The third-order valence-corrected chi connectivity index (χ3v) is 3.02. The number of fused-ring (bicyclic) bond motifs is 1. The number of hydrogen-bond acceptors (Lipinski definition) is 3. The van der Waals surface area contributed by atoms with Crippen LogP contribution in [-0.2, 0) is 0 Å². The molecule has 0 radical (unpaired) electrons. The molecular formula is C10H7N3S. The molecule has 0 aliphatic rings. The van der Waals surface area contributed by atoms with Gasteiger partial charge in [0.1, 0.15) is 0 Å². The Morgan fingerprint density at radius 3 is 3.07 bits per heavy atom. The monoisotopic (exact) mass is 201 g/mol. The Kier molecular flexibility index (Phi) is 1.61. The van der Waals surface area contributed by atoms with E-state index in [2.05, 4.69) is 26.4 Å². The Labute approximate surface area is 84.5 Å². The number of H-pyrrole nitrogens is 1. The molecule has 3 nitrogen and oxygen atoms in total. The summed E-state index contributed by atoms with van der Waals surface area (Å²) in [4.78, 5) is 12.6. The van der Waals surface area contributed by atoms with Crippen LogP contribution in [0.3, 0.4) is 0 Å². The first kappa shape index (κ1) is 7.70. The Balaban J connectivity index is 2.36. The maximum Gasteiger partial charge on any atom is 0.178 e. The van der Waals surface area contributed by atoms with E-state index in [-0.39, 0.29) is 0 Å². The molecule has 4 heteroatoms. The van der Waals surface area contributed by atoms with E-state index in [0.29, 0.717) is 0 Å². The smallest absolute Gasteiger partial charge is 0.178 e. The minimum absolute atomic E-state index is 0.774. The molecule has 0 aliphatic heterocycles. The van der Waals surface area contributed by atoms with Gasteiger partial charge in [-0.2, -0.15) is 0 Å². The number of thiophene rings is 1. The number of imidazole rings is 1. The fraction of sp³-hybridized carbons (Fsp3) is 0. The van der Waals surface area contributed by atoms with Gasteiger partial charge in [0.25, 0.3) is 0 Å². The van der Waals surface area contributed by atoms with Crippen LogP contribution < -0.4 is 0 Å². The summed E-state index contributed by atoms with van der Waals surface area (Å²) in [5.74, 6) is 0. The summed E-state index contributed by atoms with van der Waals surface area (Å²) >= 11 is 1.72. The van der Waals surface area contributed by atoms with Crippen LogP contribution >= 0.6 is 11.3 Å². The average Bonchev–Trinajstić information content (AvgIpc) is 2.88. The number of hydrogen-bond donors (Lipinski definition) is 1. The highest BCUT2D eigenvalue weighted by Crippen LogP contribution is 2.28. The van der Waals surface area contributed by atoms with E-state index in [1.807, 2.05) is 12.1 Å². The predicted octanol–water partition coefficient (Wildman–Crippen LogP) is 2.69. The minimum Gasteiger partial charge on any atom is -0.343 e. The van der Waals surface area contributed by atoms with Gasteiger partial charge >= 0.3 is 0 Å². The predicted molar refractivity (Wildman–Crippen MR) is 57.2 cm³/mol. The Hall–Kier alpha value is -1.68. The SMILES string of the molecule is c1csc(-c2ccnc3nc[nH]c23)c1. The molecule has 0 fully saturated rings. The fourth-order valence-electron chi connectivity index (χ4n) is 1.49. The second kappa shape index (κ2) is 2.92. The molecule has 3 aromatic rings. The van der Waals surface area contributed by atoms with Gasteiger partial charge in [0, 0.05) is 16.6 Å². The lowest BCUT2D eigenvalue weighted by Gasteiger charge is -1.97. The van der Waals surface area contributed by atoms with Crippen LogP contribution in [0.1, 0.15) is 0 Å². The summed E-state index contributed by atoms with van der Waals surface area (Å²) in [6.45, 7) is 0. The number of aromatic amines is 1. The molecule has 0 unspecified atom stereocenters. The molecule has 1 N–H and O–H groups in total. The molecule has 3 aromatic heterocycles. The van der Waals surface area contributed by atoms with E-state index in [9.17, 15) is 0 Å². The highest BCUT2D eigenvalue weighted by Gasteiger charge is 2.06. The van der Waals surface area contributed by atoms with Crippen LogP contribution in [0.15, 0.2) is 36.1 Å². The number of aromatic nitrogens is 3. The second-order valence-electron chi connectivity index (χ2n) is 2.94. The standard InChI is InChI=1S/C10H7N3S/c1-2-8(14-5-1)7-3-4-11-10-9(7)12-6-13-10/h1-6H,(H,11,12,13). The topological polar surface area (TPSA) is 41.6 Å². The molecule has 3 rings (SSSR count). The molecule has 68 valence electrons. The van der Waals surface area contributed by atoms with Crippen molar-refractivity contribution in [2.75, 3.05) is 0 Å². The Morgan fingerprint density at radius 2 is 2.21 bits per heavy atom. The van der Waals surface area contributed by atoms with Crippen LogP contribution in [0.2, 0.25) is 0 Å². The summed E-state index contributed by atoms with van der Waals surface area (Å²) in [6, 6.07) is 6.15. The summed E-state index contributed by atoms with van der Waals surface area (Å²) in [5.41, 5.74) is 2.95. The number of nitrogens with zero attached hydrogens (tertiary/aromatic N) is 2. The summed E-state index contributed by atoms with van der Waals surface area (Å²) in [7, 11) is 0. The van der Waals surface area contributed by atoms with E-state index in [1.165, 1.54) is 10.4 Å². The van der Waals surface area contributed by atoms with Gasteiger partial charge in [0.15, 0.2) is 5.65 Å². The van der Waals surface area contributed by atoms with Gasteiger partial charge in [0.2, 0.25) is 0 Å². The number of pyridine rings is 1. The molecule has 0 amide bonds. The lowest BCUT2D eigenvalue weighted by atomic mass is 10.2. The van der Waals surface area contributed by atoms with Gasteiger partial charge in [0.05, 0.1) is 11.8 Å². The van der Waals surface area contributed by atoms with Gasteiger partial charge in [-0.05, 0) is 17.5 Å². The van der Waals surface area contributed by atoms with Crippen molar-refractivity contribution >= 4 is 22.5 Å². The van der Waals surface area contributed by atoms with Crippen molar-refractivity contribution in [2.45, 2.75) is 0 Å². The first-order chi connectivity index (χ1) is 6.95. The first-order valence-electron chi connectivity index (χ1n) is 4.27. The quantitative estimate of drug-likeness (QED) is 0.657. The highest BCUT2D eigenvalue weighted by molar-refractivity contribution is 7.13. The van der Waals surface area contributed by atoms with Crippen LogP contribution in [0, 0.1) is 0 Å². The maximum atomic E-state index is 4.17. The third-order valence-electron chi connectivity index (χ3n) is 2.11. The lowest BCUT2D eigenvalue weighted by molar-refractivity contribution is 1.30. The molecule has 14 heavy (non-hydrogen) atoms. The van der Waals surface area contributed by atoms with Gasteiger partial charge < -0.3 is 4.98 Å². The van der Waals surface area contributed by atoms with Gasteiger partial charge in [-0.1, -0.05) is 6.07 Å². The van der Waals surface area contributed by atoms with E-state index in [1.54, 1.807) is 23.9 Å². The molecule has 0 aliphatic carbocycles. The van der Waals surface area contributed by atoms with Gasteiger partial charge in [-0.3, -0.25) is 0 Å². The molecule has 0 spiro atoms. The summed E-state index contributed by atoms with van der Waals surface area (Å²) < 4.78 is 0. The zero-order valence-corrected chi connectivity index (χ0v) is 8.08. The summed E-state index contributed by atoms with van der Waals surface area (Å²) in [5, 5.41) is 2.07. The van der Waals surface area contributed by atoms with Crippen molar-refractivity contribution in [1.29, 1.82) is 0 Å². The molecule has 0 aromatic carbocycles. The lowest BCUT2D eigenvalue weighted by Crippen LogP contribution is -1.79. The second-order valence-corrected chi connectivity index (χ2v) is 3.88. The normalized spacial score (nSPS) is 10.9. The van der Waals surface area contributed by atoms with Gasteiger partial charge in [-0.15, -0.1) is 11.3 Å². The van der Waals surface area contributed by atoms with E-state index >= 15 is 0 Å². The zero-order valence-electron chi connectivity index (χ0n) is 7.27. The summed E-state index contributed by atoms with van der Waals surface area (Å²) in [6.07, 6.45) is 3.47. The van der Waals surface area contributed by atoms with Crippen molar-refractivity contribution in [2.24, 2.45) is 0 Å². The van der Waals surface area contributed by atoms with Crippen LogP contribution in [0.5, 0.6) is 0 Å². The van der Waals surface area contributed by atoms with Crippen LogP contribution in [0.25, 0.3) is 21.6 Å². The van der Waals surface area contributed by atoms with Crippen LogP contribution in [0.4, 0.5) is 0 Å². The van der Waals surface area contributed by atoms with E-state index in [4.69, 9.17) is 0 Å². The average molecular weight is 201 g/mol. The third kappa shape index (κ3) is 1.04. The van der Waals surface area contributed by atoms with Crippen molar-refractivity contribution in [3.8, 4) is 10.4 Å².